The molecule has 0 spiro atoms. The molecule has 0 N–H and O–H groups in total. The number of imide groups is 1. The lowest BCUT2D eigenvalue weighted by molar-refractivity contribution is -0.136. The topological polar surface area (TPSA) is 76.2 Å². The number of amides is 3. The summed E-state index contributed by atoms with van der Waals surface area (Å²) in [6.45, 7) is 2.95. The summed E-state index contributed by atoms with van der Waals surface area (Å²) in [4.78, 5) is 41.6. The smallest absolute Gasteiger partial charge is 0.294 e. The van der Waals surface area contributed by atoms with Gasteiger partial charge in [0.2, 0.25) is 5.91 Å². The fourth-order valence-electron chi connectivity index (χ4n) is 4.50. The van der Waals surface area contributed by atoms with Crippen molar-refractivity contribution in [3.8, 4) is 11.5 Å². The SMILES string of the molecule is CCOc1cc(/C=C2/SC(=O)N(CC(=O)N3CCc4ccccc4C3)C2=O)ccc1OCc1ccccc1F. The molecule has 0 aromatic heterocycles. The van der Waals surface area contributed by atoms with Crippen LogP contribution in [0.4, 0.5) is 9.18 Å². The minimum atomic E-state index is -0.506. The molecule has 200 valence electrons. The molecule has 0 saturated carbocycles. The van der Waals surface area contributed by atoms with E-state index in [9.17, 15) is 18.8 Å². The third-order valence-electron chi connectivity index (χ3n) is 6.56. The molecule has 2 aliphatic heterocycles. The Bertz CT molecular complexity index is 1460. The van der Waals surface area contributed by atoms with Crippen LogP contribution in [-0.4, -0.2) is 46.5 Å². The number of nitrogens with zero attached hydrogens (tertiary/aromatic N) is 2. The van der Waals surface area contributed by atoms with Gasteiger partial charge in [-0.2, -0.15) is 0 Å². The van der Waals surface area contributed by atoms with Gasteiger partial charge in [0, 0.05) is 18.7 Å². The van der Waals surface area contributed by atoms with Crippen LogP contribution in [-0.2, 0) is 29.2 Å². The first kappa shape index (κ1) is 26.5. The van der Waals surface area contributed by atoms with Crippen molar-refractivity contribution < 1.29 is 28.2 Å². The zero-order chi connectivity index (χ0) is 27.4. The molecule has 0 unspecified atom stereocenters. The van der Waals surface area contributed by atoms with E-state index in [2.05, 4.69) is 6.07 Å². The van der Waals surface area contributed by atoms with E-state index in [1.165, 1.54) is 11.6 Å². The Morgan fingerprint density at radius 3 is 2.56 bits per heavy atom. The highest BCUT2D eigenvalue weighted by Crippen LogP contribution is 2.35. The van der Waals surface area contributed by atoms with Gasteiger partial charge < -0.3 is 14.4 Å². The molecular formula is C30H27FN2O5S. The van der Waals surface area contributed by atoms with E-state index in [1.807, 2.05) is 25.1 Å². The molecular weight excluding hydrogens is 519 g/mol. The maximum Gasteiger partial charge on any atom is 0.294 e. The van der Waals surface area contributed by atoms with Gasteiger partial charge >= 0.3 is 0 Å². The fourth-order valence-corrected chi connectivity index (χ4v) is 5.34. The summed E-state index contributed by atoms with van der Waals surface area (Å²) >= 11 is 0.800. The molecule has 1 saturated heterocycles. The van der Waals surface area contributed by atoms with Gasteiger partial charge in [0.05, 0.1) is 11.5 Å². The molecule has 0 aliphatic carbocycles. The second-order valence-electron chi connectivity index (χ2n) is 9.12. The van der Waals surface area contributed by atoms with Crippen LogP contribution in [0.2, 0.25) is 0 Å². The van der Waals surface area contributed by atoms with Crippen LogP contribution >= 0.6 is 11.8 Å². The van der Waals surface area contributed by atoms with Crippen molar-refractivity contribution in [2.45, 2.75) is 26.5 Å². The standard InChI is InChI=1S/C30H27FN2O5S/c1-2-37-26-15-20(11-12-25(26)38-19-23-9-5-6-10-24(23)31)16-27-29(35)33(30(36)39-27)18-28(34)32-14-13-21-7-3-4-8-22(21)17-32/h3-12,15-16H,2,13-14,17-19H2,1H3/b27-16+. The number of halogens is 1. The van der Waals surface area contributed by atoms with Crippen LogP contribution in [0.3, 0.4) is 0 Å². The van der Waals surface area contributed by atoms with E-state index in [0.717, 1.165) is 28.6 Å². The second kappa shape index (κ2) is 11.7. The van der Waals surface area contributed by atoms with Crippen molar-refractivity contribution in [2.24, 2.45) is 0 Å². The largest absolute Gasteiger partial charge is 0.490 e. The highest BCUT2D eigenvalue weighted by Gasteiger charge is 2.37. The van der Waals surface area contributed by atoms with E-state index < -0.39 is 11.1 Å². The first-order valence-corrected chi connectivity index (χ1v) is 13.5. The molecule has 39 heavy (non-hydrogen) atoms. The second-order valence-corrected chi connectivity index (χ2v) is 10.1. The first-order chi connectivity index (χ1) is 18.9. The zero-order valence-electron chi connectivity index (χ0n) is 21.4. The summed E-state index contributed by atoms with van der Waals surface area (Å²) in [5.41, 5.74) is 3.34. The van der Waals surface area contributed by atoms with Crippen LogP contribution in [0.1, 0.15) is 29.2 Å². The van der Waals surface area contributed by atoms with E-state index in [-0.39, 0.29) is 29.8 Å². The summed E-state index contributed by atoms with van der Waals surface area (Å²) < 4.78 is 25.5. The zero-order valence-corrected chi connectivity index (χ0v) is 22.2. The monoisotopic (exact) mass is 546 g/mol. The highest BCUT2D eigenvalue weighted by atomic mass is 32.2. The minimum absolute atomic E-state index is 0.0294. The molecule has 3 aromatic rings. The Balaban J connectivity index is 1.27. The summed E-state index contributed by atoms with van der Waals surface area (Å²) in [5, 5.41) is -0.480. The Labute approximate surface area is 230 Å². The number of hydrogen-bond donors (Lipinski definition) is 0. The van der Waals surface area contributed by atoms with Gasteiger partial charge in [-0.15, -0.1) is 0 Å². The van der Waals surface area contributed by atoms with E-state index in [4.69, 9.17) is 9.47 Å². The summed E-state index contributed by atoms with van der Waals surface area (Å²) in [5.74, 6) is -0.260. The van der Waals surface area contributed by atoms with Gasteiger partial charge in [-0.3, -0.25) is 19.3 Å². The maximum absolute atomic E-state index is 14.0. The lowest BCUT2D eigenvalue weighted by Gasteiger charge is -2.29. The number of rotatable bonds is 8. The number of benzene rings is 3. The van der Waals surface area contributed by atoms with Crippen molar-refractivity contribution in [1.82, 2.24) is 9.80 Å². The lowest BCUT2D eigenvalue weighted by Crippen LogP contribution is -2.44. The number of hydrogen-bond acceptors (Lipinski definition) is 6. The van der Waals surface area contributed by atoms with Gasteiger partial charge in [0.25, 0.3) is 11.1 Å². The minimum Gasteiger partial charge on any atom is -0.490 e. The van der Waals surface area contributed by atoms with Gasteiger partial charge in [0.1, 0.15) is 19.0 Å². The molecule has 5 rings (SSSR count). The third-order valence-corrected chi connectivity index (χ3v) is 7.46. The summed E-state index contributed by atoms with van der Waals surface area (Å²) in [6, 6.07) is 19.4. The maximum atomic E-state index is 14.0. The van der Waals surface area contributed by atoms with Crippen molar-refractivity contribution in [2.75, 3.05) is 19.7 Å². The highest BCUT2D eigenvalue weighted by molar-refractivity contribution is 8.18. The molecule has 2 heterocycles. The number of carbonyl (C=O) groups is 3. The van der Waals surface area contributed by atoms with Crippen LogP contribution in [0.25, 0.3) is 6.08 Å². The van der Waals surface area contributed by atoms with Crippen molar-refractivity contribution in [1.29, 1.82) is 0 Å². The molecule has 0 bridgehead atoms. The molecule has 9 heteroatoms. The Morgan fingerprint density at radius 1 is 1.00 bits per heavy atom. The quantitative estimate of drug-likeness (QED) is 0.351. The Morgan fingerprint density at radius 2 is 1.77 bits per heavy atom. The van der Waals surface area contributed by atoms with Crippen molar-refractivity contribution in [3.63, 3.8) is 0 Å². The van der Waals surface area contributed by atoms with E-state index in [1.54, 1.807) is 47.4 Å². The average Bonchev–Trinajstić information content (AvgIpc) is 3.20. The molecule has 3 amide bonds. The molecule has 2 aliphatic rings. The van der Waals surface area contributed by atoms with Crippen molar-refractivity contribution >= 4 is 34.9 Å². The van der Waals surface area contributed by atoms with E-state index in [0.29, 0.717) is 42.3 Å². The molecule has 0 atom stereocenters. The number of fused-ring (bicyclic) bond motifs is 1. The number of ether oxygens (including phenoxy) is 2. The summed E-state index contributed by atoms with van der Waals surface area (Å²) in [7, 11) is 0. The van der Waals surface area contributed by atoms with Crippen LogP contribution in [0, 0.1) is 5.82 Å². The lowest BCUT2D eigenvalue weighted by atomic mass is 10.00. The average molecular weight is 547 g/mol. The van der Waals surface area contributed by atoms with Crippen LogP contribution < -0.4 is 9.47 Å². The van der Waals surface area contributed by atoms with Crippen LogP contribution in [0.5, 0.6) is 11.5 Å². The van der Waals surface area contributed by atoms with E-state index >= 15 is 0 Å². The molecule has 7 nitrogen and oxygen atoms in total. The molecule has 1 fully saturated rings. The Hall–Kier alpha value is -4.11. The number of thioether (sulfide) groups is 1. The van der Waals surface area contributed by atoms with Crippen LogP contribution in [0.15, 0.2) is 71.6 Å². The first-order valence-electron chi connectivity index (χ1n) is 12.7. The third kappa shape index (κ3) is 5.98. The van der Waals surface area contributed by atoms with Gasteiger partial charge in [-0.1, -0.05) is 48.5 Å². The number of carbonyl (C=O) groups excluding carboxylic acids is 3. The Kier molecular flexibility index (Phi) is 7.97. The van der Waals surface area contributed by atoms with Gasteiger partial charge in [-0.05, 0) is 66.1 Å². The van der Waals surface area contributed by atoms with Gasteiger partial charge in [0.15, 0.2) is 11.5 Å². The van der Waals surface area contributed by atoms with Crippen molar-refractivity contribution in [3.05, 3.63) is 99.7 Å². The molecule has 0 radical (unpaired) electrons. The normalized spacial score (nSPS) is 16.0. The van der Waals surface area contributed by atoms with Gasteiger partial charge in [-0.25, -0.2) is 4.39 Å². The fraction of sp³-hybridized carbons (Fsp3) is 0.233. The predicted molar refractivity (Wildman–Crippen MR) is 147 cm³/mol. The summed E-state index contributed by atoms with van der Waals surface area (Å²) in [6.07, 6.45) is 2.33. The molecule has 3 aromatic carbocycles. The predicted octanol–water partition coefficient (Wildman–Crippen LogP) is 5.42.